The number of ether oxygens (including phenoxy) is 1. The van der Waals surface area contributed by atoms with Crippen LogP contribution in [0.5, 0.6) is 0 Å². The number of rotatable bonds is 1. The minimum absolute atomic E-state index is 0.104. The molecule has 0 aromatic rings. The Morgan fingerprint density at radius 2 is 1.82 bits per heavy atom. The van der Waals surface area contributed by atoms with Crippen LogP contribution in [0.15, 0.2) is 23.3 Å². The lowest BCUT2D eigenvalue weighted by molar-refractivity contribution is -0.162. The van der Waals surface area contributed by atoms with Crippen LogP contribution in [0.25, 0.3) is 0 Å². The minimum atomic E-state index is -0.389. The lowest BCUT2D eigenvalue weighted by atomic mass is 9.82. The highest BCUT2D eigenvalue weighted by Gasteiger charge is 2.50. The standard InChI is InChI=1S/C20H34O2/c1-15(2)20-12-11-17(4)8-6-7-16(3)9-10-18(21)19(5,22-20)13-14-20/h7,11,15,18,21H,6,8-10,12-14H2,1-5H3/b16-7-,17-11-/t18-,19+,20+/m0/s1. The van der Waals surface area contributed by atoms with E-state index in [4.69, 9.17) is 4.74 Å². The topological polar surface area (TPSA) is 29.5 Å². The molecule has 1 saturated heterocycles. The molecule has 0 radical (unpaired) electrons. The lowest BCUT2D eigenvalue weighted by Crippen LogP contribution is -2.44. The largest absolute Gasteiger partial charge is 0.390 e. The van der Waals surface area contributed by atoms with Gasteiger partial charge >= 0.3 is 0 Å². The Hall–Kier alpha value is -0.600. The van der Waals surface area contributed by atoms with E-state index in [0.717, 1.165) is 44.9 Å². The van der Waals surface area contributed by atoms with Crippen molar-refractivity contribution >= 4 is 0 Å². The molecule has 0 saturated carbocycles. The van der Waals surface area contributed by atoms with Crippen LogP contribution in [0.2, 0.25) is 0 Å². The average Bonchev–Trinajstić information content (AvgIpc) is 2.82. The van der Waals surface area contributed by atoms with Gasteiger partial charge in [0.2, 0.25) is 0 Å². The van der Waals surface area contributed by atoms with E-state index in [-0.39, 0.29) is 17.3 Å². The second-order valence-corrected chi connectivity index (χ2v) is 8.03. The number of hydrogen-bond donors (Lipinski definition) is 1. The highest BCUT2D eigenvalue weighted by molar-refractivity contribution is 5.10. The lowest BCUT2D eigenvalue weighted by Gasteiger charge is -2.38. The zero-order chi connectivity index (χ0) is 16.4. The predicted molar refractivity (Wildman–Crippen MR) is 92.9 cm³/mol. The molecule has 0 spiro atoms. The molecule has 2 aliphatic heterocycles. The Balaban J connectivity index is 2.27. The van der Waals surface area contributed by atoms with E-state index >= 15 is 0 Å². The Morgan fingerprint density at radius 3 is 2.50 bits per heavy atom. The molecule has 0 aromatic heterocycles. The van der Waals surface area contributed by atoms with Crippen LogP contribution in [0.1, 0.15) is 79.6 Å². The number of aliphatic hydroxyl groups excluding tert-OH is 1. The van der Waals surface area contributed by atoms with Crippen molar-refractivity contribution in [2.75, 3.05) is 0 Å². The Bertz CT molecular complexity index is 449. The normalized spacial score (nSPS) is 42.6. The van der Waals surface area contributed by atoms with Crippen molar-refractivity contribution < 1.29 is 9.84 Å². The third-order valence-corrected chi connectivity index (χ3v) is 5.88. The summed E-state index contributed by atoms with van der Waals surface area (Å²) in [6, 6.07) is 0. The Labute approximate surface area is 136 Å². The Kier molecular flexibility index (Phi) is 5.55. The van der Waals surface area contributed by atoms with Crippen molar-refractivity contribution in [3.63, 3.8) is 0 Å². The average molecular weight is 306 g/mol. The van der Waals surface area contributed by atoms with Gasteiger partial charge in [0.1, 0.15) is 0 Å². The molecule has 0 unspecified atom stereocenters. The van der Waals surface area contributed by atoms with Crippen LogP contribution >= 0.6 is 0 Å². The third-order valence-electron chi connectivity index (χ3n) is 5.88. The fourth-order valence-electron chi connectivity index (χ4n) is 3.81. The van der Waals surface area contributed by atoms with Gasteiger partial charge in [0.15, 0.2) is 0 Å². The van der Waals surface area contributed by atoms with E-state index in [2.05, 4.69) is 46.8 Å². The van der Waals surface area contributed by atoms with Gasteiger partial charge in [0.05, 0.1) is 17.3 Å². The van der Waals surface area contributed by atoms with Crippen LogP contribution in [0.4, 0.5) is 0 Å². The highest BCUT2D eigenvalue weighted by atomic mass is 16.5. The van der Waals surface area contributed by atoms with Crippen LogP contribution < -0.4 is 0 Å². The summed E-state index contributed by atoms with van der Waals surface area (Å²) in [5.74, 6) is 0.468. The maximum atomic E-state index is 10.7. The molecule has 2 heterocycles. The maximum absolute atomic E-state index is 10.7. The summed E-state index contributed by atoms with van der Waals surface area (Å²) in [4.78, 5) is 0. The van der Waals surface area contributed by atoms with Crippen LogP contribution in [-0.2, 0) is 4.74 Å². The second kappa shape index (κ2) is 6.88. The zero-order valence-electron chi connectivity index (χ0n) is 15.1. The monoisotopic (exact) mass is 306 g/mol. The van der Waals surface area contributed by atoms with E-state index in [1.165, 1.54) is 11.1 Å². The molecule has 1 N–H and O–H groups in total. The zero-order valence-corrected chi connectivity index (χ0v) is 15.1. The van der Waals surface area contributed by atoms with Gasteiger partial charge in [-0.15, -0.1) is 0 Å². The SMILES string of the molecule is C/C1=C/C[C@]2(C(C)C)CC[C@@](C)(O2)[C@@H](O)CC/C(C)=C\CC1. The molecular formula is C20H34O2. The molecule has 0 amide bonds. The van der Waals surface area contributed by atoms with E-state index in [1.54, 1.807) is 0 Å². The number of aliphatic hydroxyl groups is 1. The molecule has 22 heavy (non-hydrogen) atoms. The summed E-state index contributed by atoms with van der Waals surface area (Å²) in [6.45, 7) is 11.0. The van der Waals surface area contributed by atoms with Crippen LogP contribution in [0.3, 0.4) is 0 Å². The summed E-state index contributed by atoms with van der Waals surface area (Å²) in [6.07, 6.45) is 11.3. The molecule has 2 aliphatic rings. The second-order valence-electron chi connectivity index (χ2n) is 8.03. The summed E-state index contributed by atoms with van der Waals surface area (Å²) in [5.41, 5.74) is 2.36. The first-order valence-electron chi connectivity index (χ1n) is 8.97. The fourth-order valence-corrected chi connectivity index (χ4v) is 3.81. The van der Waals surface area contributed by atoms with Gasteiger partial charge in [-0.25, -0.2) is 0 Å². The molecule has 2 nitrogen and oxygen atoms in total. The van der Waals surface area contributed by atoms with Crippen molar-refractivity contribution in [3.05, 3.63) is 23.3 Å². The summed E-state index contributed by atoms with van der Waals surface area (Å²) < 4.78 is 6.59. The molecule has 2 heteroatoms. The van der Waals surface area contributed by atoms with Gasteiger partial charge in [-0.05, 0) is 71.6 Å². The van der Waals surface area contributed by atoms with Gasteiger partial charge in [-0.3, -0.25) is 0 Å². The fraction of sp³-hybridized carbons (Fsp3) is 0.800. The van der Waals surface area contributed by atoms with Gasteiger partial charge in [0.25, 0.3) is 0 Å². The first kappa shape index (κ1) is 17.7. The summed E-state index contributed by atoms with van der Waals surface area (Å²) in [7, 11) is 0. The third kappa shape index (κ3) is 3.83. The summed E-state index contributed by atoms with van der Waals surface area (Å²) >= 11 is 0. The van der Waals surface area contributed by atoms with Crippen molar-refractivity contribution in [1.29, 1.82) is 0 Å². The molecule has 2 bridgehead atoms. The predicted octanol–water partition coefficient (Wildman–Crippen LogP) is 5.17. The van der Waals surface area contributed by atoms with Crippen molar-refractivity contribution in [1.82, 2.24) is 0 Å². The molecule has 1 fully saturated rings. The van der Waals surface area contributed by atoms with E-state index in [1.807, 2.05) is 0 Å². The number of hydrogen-bond acceptors (Lipinski definition) is 2. The van der Waals surface area contributed by atoms with Gasteiger partial charge < -0.3 is 9.84 Å². The van der Waals surface area contributed by atoms with E-state index < -0.39 is 0 Å². The molecule has 2 rings (SSSR count). The van der Waals surface area contributed by atoms with Gasteiger partial charge in [-0.2, -0.15) is 0 Å². The number of allylic oxidation sites excluding steroid dienone is 3. The van der Waals surface area contributed by atoms with E-state index in [9.17, 15) is 5.11 Å². The molecule has 0 aliphatic carbocycles. The van der Waals surface area contributed by atoms with Crippen molar-refractivity contribution in [2.24, 2.45) is 5.92 Å². The molecule has 3 atom stereocenters. The van der Waals surface area contributed by atoms with Crippen LogP contribution in [0, 0.1) is 5.92 Å². The van der Waals surface area contributed by atoms with E-state index in [0.29, 0.717) is 5.92 Å². The van der Waals surface area contributed by atoms with Crippen molar-refractivity contribution in [2.45, 2.75) is 96.9 Å². The smallest absolute Gasteiger partial charge is 0.0921 e. The minimum Gasteiger partial charge on any atom is -0.390 e. The Morgan fingerprint density at radius 1 is 1.14 bits per heavy atom. The van der Waals surface area contributed by atoms with Crippen molar-refractivity contribution in [3.8, 4) is 0 Å². The number of fused-ring (bicyclic) bond motifs is 2. The molecule has 0 aromatic carbocycles. The first-order valence-corrected chi connectivity index (χ1v) is 8.97. The molecule has 126 valence electrons. The van der Waals surface area contributed by atoms with Gasteiger partial charge in [0, 0.05) is 0 Å². The van der Waals surface area contributed by atoms with Crippen LogP contribution in [-0.4, -0.2) is 22.4 Å². The quantitative estimate of drug-likeness (QED) is 0.677. The maximum Gasteiger partial charge on any atom is 0.0921 e. The van der Waals surface area contributed by atoms with Gasteiger partial charge in [-0.1, -0.05) is 37.1 Å². The summed E-state index contributed by atoms with van der Waals surface area (Å²) in [5, 5.41) is 10.7. The highest BCUT2D eigenvalue weighted by Crippen LogP contribution is 2.47. The first-order chi connectivity index (χ1) is 10.3. The molecular weight excluding hydrogens is 272 g/mol.